The van der Waals surface area contributed by atoms with Gasteiger partial charge in [0, 0.05) is 14.5 Å². The zero-order chi connectivity index (χ0) is 14.9. The van der Waals surface area contributed by atoms with Crippen molar-refractivity contribution in [1.82, 2.24) is 0 Å². The van der Waals surface area contributed by atoms with Gasteiger partial charge in [-0.2, -0.15) is 0 Å². The second-order valence-electron chi connectivity index (χ2n) is 4.42. The highest BCUT2D eigenvalue weighted by Crippen LogP contribution is 2.36. The number of ether oxygens (including phenoxy) is 1. The van der Waals surface area contributed by atoms with Crippen molar-refractivity contribution in [3.8, 4) is 5.75 Å². The molecule has 0 aliphatic carbocycles. The zero-order valence-electron chi connectivity index (χ0n) is 11.0. The minimum Gasteiger partial charge on any atom is -0.496 e. The number of rotatable bonds is 3. The van der Waals surface area contributed by atoms with Crippen LogP contribution in [-0.4, -0.2) is 12.2 Å². The van der Waals surface area contributed by atoms with Gasteiger partial charge in [-0.05, 0) is 58.2 Å². The molecule has 0 aliphatic rings. The van der Waals surface area contributed by atoms with E-state index in [1.807, 2.05) is 31.2 Å². The molecule has 0 aromatic heterocycles. The first-order valence-corrected chi connectivity index (χ1v) is 7.87. The van der Waals surface area contributed by atoms with E-state index >= 15 is 0 Å². The van der Waals surface area contributed by atoms with Gasteiger partial charge in [0.25, 0.3) is 0 Å². The number of hydrogen-bond donors (Lipinski definition) is 1. The lowest BCUT2D eigenvalue weighted by Crippen LogP contribution is -2.03. The molecule has 0 radical (unpaired) electrons. The fourth-order valence-corrected chi connectivity index (χ4v) is 2.72. The van der Waals surface area contributed by atoms with E-state index in [2.05, 4.69) is 31.9 Å². The first kappa shape index (κ1) is 15.8. The quantitative estimate of drug-likeness (QED) is 0.734. The maximum absolute atomic E-state index is 10.6. The largest absolute Gasteiger partial charge is 0.496 e. The van der Waals surface area contributed by atoms with E-state index in [4.69, 9.17) is 16.3 Å². The van der Waals surface area contributed by atoms with E-state index in [-0.39, 0.29) is 0 Å². The van der Waals surface area contributed by atoms with Crippen LogP contribution in [0.2, 0.25) is 5.02 Å². The van der Waals surface area contributed by atoms with Gasteiger partial charge >= 0.3 is 0 Å². The molecule has 1 atom stereocenters. The summed E-state index contributed by atoms with van der Waals surface area (Å²) in [5.41, 5.74) is 2.46. The van der Waals surface area contributed by atoms with Gasteiger partial charge in [0.05, 0.1) is 12.1 Å². The number of hydrogen-bond acceptors (Lipinski definition) is 2. The van der Waals surface area contributed by atoms with Gasteiger partial charge in [-0.3, -0.25) is 0 Å². The van der Waals surface area contributed by atoms with E-state index in [0.29, 0.717) is 21.9 Å². The van der Waals surface area contributed by atoms with Gasteiger partial charge in [-0.15, -0.1) is 0 Å². The molecule has 2 rings (SSSR count). The highest BCUT2D eigenvalue weighted by molar-refractivity contribution is 9.10. The van der Waals surface area contributed by atoms with Gasteiger partial charge < -0.3 is 9.84 Å². The molecule has 0 spiro atoms. The summed E-state index contributed by atoms with van der Waals surface area (Å²) < 4.78 is 7.08. The maximum Gasteiger partial charge on any atom is 0.125 e. The van der Waals surface area contributed by atoms with Gasteiger partial charge in [-0.1, -0.05) is 33.6 Å². The minimum atomic E-state index is -0.799. The molecule has 20 heavy (non-hydrogen) atoms. The third-order valence-corrected chi connectivity index (χ3v) is 5.15. The second-order valence-corrected chi connectivity index (χ2v) is 6.54. The first-order chi connectivity index (χ1) is 9.43. The maximum atomic E-state index is 10.6. The fourth-order valence-electron chi connectivity index (χ4n) is 1.92. The molecule has 1 unspecified atom stereocenters. The van der Waals surface area contributed by atoms with E-state index in [1.165, 1.54) is 0 Å². The number of aliphatic hydroxyl groups is 1. The van der Waals surface area contributed by atoms with Gasteiger partial charge in [0.15, 0.2) is 0 Å². The summed E-state index contributed by atoms with van der Waals surface area (Å²) in [6.45, 7) is 1.97. The lowest BCUT2D eigenvalue weighted by molar-refractivity contribution is 0.214. The van der Waals surface area contributed by atoms with Crippen molar-refractivity contribution in [1.29, 1.82) is 0 Å². The Bertz CT molecular complexity index is 644. The number of aryl methyl sites for hydroxylation is 1. The number of benzene rings is 2. The molecule has 2 aromatic carbocycles. The molecule has 0 saturated heterocycles. The molecule has 106 valence electrons. The highest BCUT2D eigenvalue weighted by atomic mass is 79.9. The summed E-state index contributed by atoms with van der Waals surface area (Å²) in [4.78, 5) is 0. The predicted octanol–water partition coefficient (Wildman–Crippen LogP) is 5.26. The highest BCUT2D eigenvalue weighted by Gasteiger charge is 2.18. The summed E-state index contributed by atoms with van der Waals surface area (Å²) >= 11 is 12.9. The average molecular weight is 421 g/mol. The summed E-state index contributed by atoms with van der Waals surface area (Å²) in [5.74, 6) is 0.650. The molecular weight excluding hydrogens is 407 g/mol. The van der Waals surface area contributed by atoms with Crippen molar-refractivity contribution in [2.75, 3.05) is 7.11 Å². The Morgan fingerprint density at radius 3 is 2.45 bits per heavy atom. The molecule has 0 saturated carbocycles. The third kappa shape index (κ3) is 3.19. The molecule has 5 heteroatoms. The fraction of sp³-hybridized carbons (Fsp3) is 0.200. The number of halogens is 3. The average Bonchev–Trinajstić information content (AvgIpc) is 2.43. The van der Waals surface area contributed by atoms with Crippen molar-refractivity contribution >= 4 is 43.5 Å². The van der Waals surface area contributed by atoms with Crippen molar-refractivity contribution in [3.63, 3.8) is 0 Å². The Labute approximate surface area is 140 Å². The van der Waals surface area contributed by atoms with Crippen molar-refractivity contribution in [2.24, 2.45) is 0 Å². The summed E-state index contributed by atoms with van der Waals surface area (Å²) in [5, 5.41) is 11.1. The van der Waals surface area contributed by atoms with Crippen LogP contribution in [0.1, 0.15) is 22.8 Å². The topological polar surface area (TPSA) is 29.5 Å². The lowest BCUT2D eigenvalue weighted by atomic mass is 9.99. The SMILES string of the molecule is COc1cc(C)c(Br)cc1C(O)c1ccc(Br)c(Cl)c1. The summed E-state index contributed by atoms with van der Waals surface area (Å²) in [6, 6.07) is 9.14. The summed E-state index contributed by atoms with van der Waals surface area (Å²) in [7, 11) is 1.59. The summed E-state index contributed by atoms with van der Waals surface area (Å²) in [6.07, 6.45) is -0.799. The third-order valence-electron chi connectivity index (χ3n) is 3.06. The standard InChI is InChI=1S/C15H13Br2ClO2/c1-8-5-14(20-2)10(7-12(8)17)15(19)9-3-4-11(16)13(18)6-9/h3-7,15,19H,1-2H3. The molecule has 2 nitrogen and oxygen atoms in total. The van der Waals surface area contributed by atoms with E-state index in [0.717, 1.165) is 14.5 Å². The van der Waals surface area contributed by atoms with E-state index in [1.54, 1.807) is 13.2 Å². The number of aliphatic hydroxyl groups excluding tert-OH is 1. The Morgan fingerprint density at radius 2 is 1.85 bits per heavy atom. The monoisotopic (exact) mass is 418 g/mol. The van der Waals surface area contributed by atoms with Crippen molar-refractivity contribution < 1.29 is 9.84 Å². The van der Waals surface area contributed by atoms with Crippen LogP contribution in [0.5, 0.6) is 5.75 Å². The van der Waals surface area contributed by atoms with Crippen LogP contribution in [0.15, 0.2) is 39.3 Å². The molecule has 0 amide bonds. The normalized spacial score (nSPS) is 12.3. The molecule has 0 heterocycles. The minimum absolute atomic E-state index is 0.562. The van der Waals surface area contributed by atoms with E-state index < -0.39 is 6.10 Å². The van der Waals surface area contributed by atoms with Gasteiger partial charge in [-0.25, -0.2) is 0 Å². The second kappa shape index (κ2) is 6.48. The molecule has 1 N–H and O–H groups in total. The molecule has 2 aromatic rings. The number of methoxy groups -OCH3 is 1. The smallest absolute Gasteiger partial charge is 0.125 e. The molecule has 0 aliphatic heterocycles. The Morgan fingerprint density at radius 1 is 1.15 bits per heavy atom. The Hall–Kier alpha value is -0.550. The Balaban J connectivity index is 2.49. The van der Waals surface area contributed by atoms with Crippen LogP contribution in [0.25, 0.3) is 0 Å². The zero-order valence-corrected chi connectivity index (χ0v) is 14.9. The molecular formula is C15H13Br2ClO2. The van der Waals surface area contributed by atoms with Crippen LogP contribution in [0.4, 0.5) is 0 Å². The Kier molecular flexibility index (Phi) is 5.13. The van der Waals surface area contributed by atoms with Crippen LogP contribution >= 0.6 is 43.5 Å². The first-order valence-electron chi connectivity index (χ1n) is 5.91. The van der Waals surface area contributed by atoms with Crippen molar-refractivity contribution in [2.45, 2.75) is 13.0 Å². The predicted molar refractivity (Wildman–Crippen MR) is 88.6 cm³/mol. The van der Waals surface area contributed by atoms with Crippen LogP contribution in [0, 0.1) is 6.92 Å². The van der Waals surface area contributed by atoms with Crippen molar-refractivity contribution in [3.05, 3.63) is 61.0 Å². The van der Waals surface area contributed by atoms with Gasteiger partial charge in [0.1, 0.15) is 11.9 Å². The molecule has 0 bridgehead atoms. The molecule has 0 fully saturated rings. The van der Waals surface area contributed by atoms with Crippen LogP contribution in [-0.2, 0) is 0 Å². The van der Waals surface area contributed by atoms with Gasteiger partial charge in [0.2, 0.25) is 0 Å². The van der Waals surface area contributed by atoms with Crippen LogP contribution in [0.3, 0.4) is 0 Å². The van der Waals surface area contributed by atoms with Crippen LogP contribution < -0.4 is 4.74 Å². The lowest BCUT2D eigenvalue weighted by Gasteiger charge is -2.17. The van der Waals surface area contributed by atoms with E-state index in [9.17, 15) is 5.11 Å².